The van der Waals surface area contributed by atoms with Crippen molar-refractivity contribution in [2.75, 3.05) is 0 Å². The maximum absolute atomic E-state index is 13.6. The molecule has 2 rings (SSSR count). The Morgan fingerprint density at radius 2 is 2.06 bits per heavy atom. The van der Waals surface area contributed by atoms with Crippen LogP contribution in [0, 0.1) is 0 Å². The average molecular weight is 248 g/mol. The van der Waals surface area contributed by atoms with Gasteiger partial charge in [-0.05, 0) is 32.9 Å². The van der Waals surface area contributed by atoms with E-state index in [9.17, 15) is 9.18 Å². The van der Waals surface area contributed by atoms with Gasteiger partial charge in [-0.15, -0.1) is 0 Å². The summed E-state index contributed by atoms with van der Waals surface area (Å²) in [5.41, 5.74) is -0.0936. The maximum atomic E-state index is 13.6. The molecule has 1 aromatic carbocycles. The molecule has 0 aliphatic rings. The third-order valence-electron chi connectivity index (χ3n) is 3.15. The number of rotatable bonds is 3. The third kappa shape index (κ3) is 2.53. The molecule has 0 radical (unpaired) electrons. The summed E-state index contributed by atoms with van der Waals surface area (Å²) in [5.74, 6) is -0.288. The highest BCUT2D eigenvalue weighted by Gasteiger charge is 2.26. The third-order valence-corrected chi connectivity index (χ3v) is 3.15. The molecule has 0 fully saturated rings. The number of hydrogen-bond donors (Lipinski definition) is 2. The van der Waals surface area contributed by atoms with Gasteiger partial charge in [-0.3, -0.25) is 4.79 Å². The second-order valence-electron chi connectivity index (χ2n) is 5.03. The van der Waals surface area contributed by atoms with Gasteiger partial charge in [0.1, 0.15) is 11.4 Å². The minimum absolute atomic E-state index is 0.288. The molecule has 18 heavy (non-hydrogen) atoms. The van der Waals surface area contributed by atoms with E-state index >= 15 is 0 Å². The number of H-pyrrole nitrogens is 1. The molecule has 2 aromatic rings. The number of aromatic nitrogens is 1. The van der Waals surface area contributed by atoms with Crippen LogP contribution in [0.1, 0.15) is 31.3 Å². The van der Waals surface area contributed by atoms with Crippen molar-refractivity contribution in [3.8, 4) is 0 Å². The molecule has 0 saturated carbocycles. The van der Waals surface area contributed by atoms with Crippen LogP contribution in [0.3, 0.4) is 0 Å². The molecule has 1 unspecified atom stereocenters. The summed E-state index contributed by atoms with van der Waals surface area (Å²) in [6.45, 7) is 4.55. The fourth-order valence-electron chi connectivity index (χ4n) is 1.64. The Morgan fingerprint density at radius 3 is 2.67 bits per heavy atom. The van der Waals surface area contributed by atoms with Crippen molar-refractivity contribution >= 4 is 16.8 Å². The van der Waals surface area contributed by atoms with E-state index < -0.39 is 11.7 Å². The minimum atomic E-state index is -1.44. The van der Waals surface area contributed by atoms with Crippen molar-refractivity contribution in [3.63, 3.8) is 0 Å². The van der Waals surface area contributed by atoms with Crippen molar-refractivity contribution in [1.29, 1.82) is 0 Å². The lowest BCUT2D eigenvalue weighted by molar-refractivity contribution is 0.0859. The van der Waals surface area contributed by atoms with Crippen molar-refractivity contribution in [1.82, 2.24) is 10.3 Å². The molecule has 96 valence electrons. The molecular weight excluding hydrogens is 231 g/mol. The number of hydrogen-bond acceptors (Lipinski definition) is 1. The summed E-state index contributed by atoms with van der Waals surface area (Å²) < 4.78 is 13.6. The number of carbonyl (C=O) groups excluding carboxylic acids is 1. The number of nitrogens with one attached hydrogen (secondary N) is 2. The van der Waals surface area contributed by atoms with Gasteiger partial charge in [0.25, 0.3) is 5.91 Å². The predicted molar refractivity (Wildman–Crippen MR) is 70.4 cm³/mol. The Labute approximate surface area is 105 Å². The topological polar surface area (TPSA) is 44.9 Å². The van der Waals surface area contributed by atoms with Gasteiger partial charge in [-0.2, -0.15) is 0 Å². The van der Waals surface area contributed by atoms with Crippen LogP contribution in [0.5, 0.6) is 0 Å². The summed E-state index contributed by atoms with van der Waals surface area (Å²) in [5, 5.41) is 3.62. The van der Waals surface area contributed by atoms with E-state index in [2.05, 4.69) is 10.3 Å². The molecule has 0 saturated heterocycles. The first-order chi connectivity index (χ1) is 8.38. The lowest BCUT2D eigenvalue weighted by Gasteiger charge is -2.23. The van der Waals surface area contributed by atoms with Gasteiger partial charge in [-0.1, -0.05) is 18.2 Å². The first kappa shape index (κ1) is 12.6. The number of amides is 1. The Morgan fingerprint density at radius 1 is 1.39 bits per heavy atom. The molecule has 1 atom stereocenters. The molecule has 3 nitrogen and oxygen atoms in total. The summed E-state index contributed by atoms with van der Waals surface area (Å²) in [7, 11) is 0. The molecule has 2 N–H and O–H groups in total. The molecule has 1 aromatic heterocycles. The van der Waals surface area contributed by atoms with Crippen LogP contribution in [0.15, 0.2) is 30.3 Å². The Hall–Kier alpha value is -1.84. The summed E-state index contributed by atoms with van der Waals surface area (Å²) in [6, 6.07) is 8.85. The number of fused-ring (bicyclic) bond motifs is 1. The smallest absolute Gasteiger partial charge is 0.268 e. The van der Waals surface area contributed by atoms with E-state index in [0.29, 0.717) is 5.69 Å². The lowest BCUT2D eigenvalue weighted by atomic mass is 10.0. The standard InChI is InChI=1S/C14H17FN2O/c1-9(14(2,3)15)16-13(18)12-8-10-6-4-5-7-11(10)17-12/h4-9,17H,1-3H3,(H,16,18). The van der Waals surface area contributed by atoms with E-state index in [-0.39, 0.29) is 5.91 Å². The van der Waals surface area contributed by atoms with Gasteiger partial charge in [0.15, 0.2) is 0 Å². The number of aromatic amines is 1. The van der Waals surface area contributed by atoms with Crippen LogP contribution in [0.4, 0.5) is 4.39 Å². The van der Waals surface area contributed by atoms with Gasteiger partial charge in [0.2, 0.25) is 0 Å². The Bertz CT molecular complexity index is 535. The molecular formula is C14H17FN2O. The summed E-state index contributed by atoms with van der Waals surface area (Å²) >= 11 is 0. The molecule has 1 heterocycles. The quantitative estimate of drug-likeness (QED) is 0.861. The fourth-order valence-corrected chi connectivity index (χ4v) is 1.64. The average Bonchev–Trinajstić information content (AvgIpc) is 2.71. The highest BCUT2D eigenvalue weighted by atomic mass is 19.1. The van der Waals surface area contributed by atoms with E-state index in [1.807, 2.05) is 24.3 Å². The first-order valence-electron chi connectivity index (χ1n) is 5.95. The van der Waals surface area contributed by atoms with E-state index in [1.54, 1.807) is 13.0 Å². The molecule has 0 aliphatic heterocycles. The van der Waals surface area contributed by atoms with Gasteiger partial charge < -0.3 is 10.3 Å². The monoisotopic (exact) mass is 248 g/mol. The van der Waals surface area contributed by atoms with Crippen molar-refractivity contribution in [2.45, 2.75) is 32.5 Å². The molecule has 0 spiro atoms. The molecule has 1 amide bonds. The van der Waals surface area contributed by atoms with Crippen LogP contribution in [0.25, 0.3) is 10.9 Å². The normalized spacial score (nSPS) is 13.6. The molecule has 0 aliphatic carbocycles. The highest BCUT2D eigenvalue weighted by Crippen LogP contribution is 2.17. The van der Waals surface area contributed by atoms with E-state index in [0.717, 1.165) is 10.9 Å². The number of halogens is 1. The second-order valence-corrected chi connectivity index (χ2v) is 5.03. The zero-order valence-electron chi connectivity index (χ0n) is 10.8. The van der Waals surface area contributed by atoms with Crippen LogP contribution in [0.2, 0.25) is 0 Å². The SMILES string of the molecule is CC(NC(=O)c1cc2ccccc2[nH]1)C(C)(C)F. The number of benzene rings is 1. The van der Waals surface area contributed by atoms with E-state index in [1.165, 1.54) is 13.8 Å². The van der Waals surface area contributed by atoms with Crippen LogP contribution in [-0.2, 0) is 0 Å². The zero-order valence-corrected chi connectivity index (χ0v) is 10.8. The lowest BCUT2D eigenvalue weighted by Crippen LogP contribution is -2.44. The van der Waals surface area contributed by atoms with Crippen LogP contribution < -0.4 is 5.32 Å². The zero-order chi connectivity index (χ0) is 13.3. The number of carbonyl (C=O) groups is 1. The summed E-state index contributed by atoms with van der Waals surface area (Å²) in [6.07, 6.45) is 0. The fraction of sp³-hybridized carbons (Fsp3) is 0.357. The van der Waals surface area contributed by atoms with Gasteiger partial charge >= 0.3 is 0 Å². The van der Waals surface area contributed by atoms with Crippen molar-refractivity contribution in [3.05, 3.63) is 36.0 Å². The highest BCUT2D eigenvalue weighted by molar-refractivity contribution is 5.98. The Balaban J connectivity index is 2.19. The van der Waals surface area contributed by atoms with Crippen LogP contribution in [-0.4, -0.2) is 22.6 Å². The number of para-hydroxylation sites is 1. The predicted octanol–water partition coefficient (Wildman–Crippen LogP) is 3.03. The van der Waals surface area contributed by atoms with Crippen molar-refractivity contribution in [2.24, 2.45) is 0 Å². The van der Waals surface area contributed by atoms with Gasteiger partial charge in [0, 0.05) is 10.9 Å². The largest absolute Gasteiger partial charge is 0.351 e. The molecule has 4 heteroatoms. The van der Waals surface area contributed by atoms with E-state index in [4.69, 9.17) is 0 Å². The van der Waals surface area contributed by atoms with Gasteiger partial charge in [0.05, 0.1) is 6.04 Å². The minimum Gasteiger partial charge on any atom is -0.351 e. The Kier molecular flexibility index (Phi) is 3.11. The van der Waals surface area contributed by atoms with Crippen LogP contribution >= 0.6 is 0 Å². The number of alkyl halides is 1. The summed E-state index contributed by atoms with van der Waals surface area (Å²) in [4.78, 5) is 15.0. The maximum Gasteiger partial charge on any atom is 0.268 e. The van der Waals surface area contributed by atoms with Gasteiger partial charge in [-0.25, -0.2) is 4.39 Å². The first-order valence-corrected chi connectivity index (χ1v) is 5.95. The van der Waals surface area contributed by atoms with Crippen molar-refractivity contribution < 1.29 is 9.18 Å². The second kappa shape index (κ2) is 4.44. The molecule has 0 bridgehead atoms.